The van der Waals surface area contributed by atoms with Gasteiger partial charge in [-0.25, -0.2) is 0 Å². The van der Waals surface area contributed by atoms with Crippen LogP contribution in [0.3, 0.4) is 0 Å². The topological polar surface area (TPSA) is 69.2 Å². The van der Waals surface area contributed by atoms with E-state index in [9.17, 15) is 10.1 Å². The van der Waals surface area contributed by atoms with Gasteiger partial charge in [-0.2, -0.15) is 0 Å². The van der Waals surface area contributed by atoms with Gasteiger partial charge in [0.2, 0.25) is 0 Å². The molecule has 0 fully saturated rings. The van der Waals surface area contributed by atoms with Gasteiger partial charge in [-0.3, -0.25) is 10.1 Å². The normalized spacial score (nSPS) is 14.5. The fraction of sp³-hybridized carbons (Fsp3) is 0.455. The van der Waals surface area contributed by atoms with Crippen molar-refractivity contribution in [1.82, 2.24) is 0 Å². The number of hydrogen-bond donors (Lipinski definition) is 1. The second-order valence-corrected chi connectivity index (χ2v) is 4.75. The Kier molecular flexibility index (Phi) is 4.44. The minimum absolute atomic E-state index is 0.0218. The number of nitro groups is 1. The molecule has 0 radical (unpaired) electrons. The molecule has 1 rings (SSSR count). The van der Waals surface area contributed by atoms with E-state index >= 15 is 0 Å². The summed E-state index contributed by atoms with van der Waals surface area (Å²) in [6.45, 7) is 3.86. The summed E-state index contributed by atoms with van der Waals surface area (Å²) in [6.07, 6.45) is 0.792. The molecule has 2 unspecified atom stereocenters. The van der Waals surface area contributed by atoms with E-state index in [1.165, 1.54) is 6.07 Å². The van der Waals surface area contributed by atoms with Gasteiger partial charge in [-0.15, -0.1) is 0 Å². The Hall–Kier alpha value is -0.940. The minimum Gasteiger partial charge on any atom is -0.327 e. The molecule has 1 aromatic rings. The molecule has 0 aliphatic carbocycles. The van der Waals surface area contributed by atoms with Crippen LogP contribution < -0.4 is 5.73 Å². The molecule has 2 N–H and O–H groups in total. The van der Waals surface area contributed by atoms with Crippen molar-refractivity contribution in [2.75, 3.05) is 0 Å². The Morgan fingerprint density at radius 3 is 2.62 bits per heavy atom. The van der Waals surface area contributed by atoms with Gasteiger partial charge in [-0.05, 0) is 19.4 Å². The van der Waals surface area contributed by atoms with E-state index in [0.29, 0.717) is 10.0 Å². The van der Waals surface area contributed by atoms with Crippen molar-refractivity contribution in [3.63, 3.8) is 0 Å². The monoisotopic (exact) mass is 286 g/mol. The smallest absolute Gasteiger partial charge is 0.274 e. The quantitative estimate of drug-likeness (QED) is 0.683. The average Bonchev–Trinajstić information content (AvgIpc) is 2.20. The van der Waals surface area contributed by atoms with Gasteiger partial charge in [0.1, 0.15) is 0 Å². The molecule has 4 nitrogen and oxygen atoms in total. The third-order valence-corrected chi connectivity index (χ3v) is 3.16. The van der Waals surface area contributed by atoms with Crippen LogP contribution in [0.5, 0.6) is 0 Å². The molecular formula is C11H15BrN2O2. The van der Waals surface area contributed by atoms with Gasteiger partial charge in [0.25, 0.3) is 5.69 Å². The first-order valence-corrected chi connectivity index (χ1v) is 5.96. The Balaban J connectivity index is 3.26. The van der Waals surface area contributed by atoms with Crippen molar-refractivity contribution in [1.29, 1.82) is 0 Å². The van der Waals surface area contributed by atoms with Gasteiger partial charge in [-0.1, -0.05) is 28.9 Å². The van der Waals surface area contributed by atoms with E-state index < -0.39 is 0 Å². The van der Waals surface area contributed by atoms with Crippen LogP contribution >= 0.6 is 15.9 Å². The fourth-order valence-electron chi connectivity index (χ4n) is 1.86. The molecule has 0 heterocycles. The second kappa shape index (κ2) is 5.41. The van der Waals surface area contributed by atoms with E-state index in [4.69, 9.17) is 5.73 Å². The number of benzene rings is 1. The van der Waals surface area contributed by atoms with Crippen LogP contribution in [0.4, 0.5) is 5.69 Å². The lowest BCUT2D eigenvalue weighted by molar-refractivity contribution is -0.385. The Morgan fingerprint density at radius 1 is 1.56 bits per heavy atom. The SMILES string of the molecule is CCC(c1ccc(Br)cc1[N+](=O)[O-])C(C)N. The Bertz CT molecular complexity index is 394. The van der Waals surface area contributed by atoms with Gasteiger partial charge in [0.15, 0.2) is 0 Å². The first-order chi connectivity index (χ1) is 7.47. The van der Waals surface area contributed by atoms with Crippen molar-refractivity contribution in [2.24, 2.45) is 5.73 Å². The molecule has 0 amide bonds. The summed E-state index contributed by atoms with van der Waals surface area (Å²) in [6, 6.07) is 5.03. The summed E-state index contributed by atoms with van der Waals surface area (Å²) in [7, 11) is 0. The summed E-state index contributed by atoms with van der Waals surface area (Å²) in [5, 5.41) is 11.0. The summed E-state index contributed by atoms with van der Waals surface area (Å²) < 4.78 is 0.711. The van der Waals surface area contributed by atoms with E-state index in [0.717, 1.165) is 6.42 Å². The third kappa shape index (κ3) is 2.80. The summed E-state index contributed by atoms with van der Waals surface area (Å²) in [5.41, 5.74) is 6.70. The molecule has 88 valence electrons. The van der Waals surface area contributed by atoms with E-state index in [-0.39, 0.29) is 22.6 Å². The fourth-order valence-corrected chi connectivity index (χ4v) is 2.21. The molecule has 0 saturated carbocycles. The lowest BCUT2D eigenvalue weighted by Gasteiger charge is -2.19. The van der Waals surface area contributed by atoms with Crippen molar-refractivity contribution < 1.29 is 4.92 Å². The number of hydrogen-bond acceptors (Lipinski definition) is 3. The van der Waals surface area contributed by atoms with Crippen LogP contribution in [0.1, 0.15) is 31.7 Å². The molecule has 0 saturated heterocycles. The zero-order valence-electron chi connectivity index (χ0n) is 9.31. The summed E-state index contributed by atoms with van der Waals surface area (Å²) in [4.78, 5) is 10.6. The highest BCUT2D eigenvalue weighted by molar-refractivity contribution is 9.10. The summed E-state index contributed by atoms with van der Waals surface area (Å²) >= 11 is 3.24. The molecule has 1 aromatic carbocycles. The van der Waals surface area contributed by atoms with E-state index in [1.807, 2.05) is 19.9 Å². The zero-order valence-corrected chi connectivity index (χ0v) is 10.9. The lowest BCUT2D eigenvalue weighted by atomic mass is 9.89. The van der Waals surface area contributed by atoms with Gasteiger partial charge in [0.05, 0.1) is 4.92 Å². The largest absolute Gasteiger partial charge is 0.327 e. The third-order valence-electron chi connectivity index (χ3n) is 2.66. The second-order valence-electron chi connectivity index (χ2n) is 3.83. The lowest BCUT2D eigenvalue weighted by Crippen LogP contribution is -2.24. The maximum atomic E-state index is 11.0. The molecule has 0 spiro atoms. The molecule has 5 heteroatoms. The molecule has 0 bridgehead atoms. The van der Waals surface area contributed by atoms with Gasteiger partial charge >= 0.3 is 0 Å². The number of rotatable bonds is 4. The zero-order chi connectivity index (χ0) is 12.3. The predicted octanol–water partition coefficient (Wildman–Crippen LogP) is 3.20. The van der Waals surface area contributed by atoms with Crippen molar-refractivity contribution >= 4 is 21.6 Å². The molecular weight excluding hydrogens is 272 g/mol. The van der Waals surface area contributed by atoms with E-state index in [1.54, 1.807) is 6.07 Å². The van der Waals surface area contributed by atoms with Crippen molar-refractivity contribution in [3.8, 4) is 0 Å². The Labute approximate surface area is 103 Å². The molecule has 0 aliphatic heterocycles. The van der Waals surface area contributed by atoms with Crippen molar-refractivity contribution in [2.45, 2.75) is 32.2 Å². The first kappa shape index (κ1) is 13.1. The Morgan fingerprint density at radius 2 is 2.19 bits per heavy atom. The minimum atomic E-state index is -0.356. The highest BCUT2D eigenvalue weighted by Crippen LogP contribution is 2.32. The number of nitrogens with two attached hydrogens (primary N) is 1. The highest BCUT2D eigenvalue weighted by Gasteiger charge is 2.23. The maximum absolute atomic E-state index is 11.0. The molecule has 0 aromatic heterocycles. The number of halogens is 1. The van der Waals surface area contributed by atoms with E-state index in [2.05, 4.69) is 15.9 Å². The number of nitrogens with zero attached hydrogens (tertiary/aromatic N) is 1. The standard InChI is InChI=1S/C11H15BrN2O2/c1-3-9(7(2)13)10-5-4-8(12)6-11(10)14(15)16/h4-7,9H,3,13H2,1-2H3. The van der Waals surface area contributed by atoms with Crippen LogP contribution in [-0.4, -0.2) is 11.0 Å². The van der Waals surface area contributed by atoms with Gasteiger partial charge < -0.3 is 5.73 Å². The predicted molar refractivity (Wildman–Crippen MR) is 67.5 cm³/mol. The summed E-state index contributed by atoms with van der Waals surface area (Å²) in [5.74, 6) is 0.0218. The maximum Gasteiger partial charge on any atom is 0.274 e. The van der Waals surface area contributed by atoms with Gasteiger partial charge in [0, 0.05) is 28.1 Å². The highest BCUT2D eigenvalue weighted by atomic mass is 79.9. The van der Waals surface area contributed by atoms with Crippen LogP contribution in [0.15, 0.2) is 22.7 Å². The first-order valence-electron chi connectivity index (χ1n) is 5.16. The average molecular weight is 287 g/mol. The number of nitro benzene ring substituents is 1. The molecule has 16 heavy (non-hydrogen) atoms. The molecule has 0 aliphatic rings. The van der Waals surface area contributed by atoms with Crippen LogP contribution in [-0.2, 0) is 0 Å². The molecule has 2 atom stereocenters. The van der Waals surface area contributed by atoms with Crippen LogP contribution in [0.2, 0.25) is 0 Å². The van der Waals surface area contributed by atoms with Crippen LogP contribution in [0, 0.1) is 10.1 Å². The van der Waals surface area contributed by atoms with Crippen LogP contribution in [0.25, 0.3) is 0 Å². The van der Waals surface area contributed by atoms with Crippen molar-refractivity contribution in [3.05, 3.63) is 38.3 Å².